The van der Waals surface area contributed by atoms with Gasteiger partial charge in [0.25, 0.3) is 0 Å². The van der Waals surface area contributed by atoms with Crippen molar-refractivity contribution in [1.82, 2.24) is 5.32 Å². The lowest BCUT2D eigenvalue weighted by molar-refractivity contribution is -0.120. The molecule has 26 heavy (non-hydrogen) atoms. The third kappa shape index (κ3) is 6.50. The minimum atomic E-state index is -2.97. The SMILES string of the molecule is C[C@H](SCCOc1ccc(C(C)(C)C)cc1)C(=O)N[C@@H]1CCS(=O)(=O)C1. The summed E-state index contributed by atoms with van der Waals surface area (Å²) < 4.78 is 28.6. The standard InChI is InChI=1S/C19H29NO4S2/c1-14(18(21)20-16-9-12-26(22,23)13-16)25-11-10-24-17-7-5-15(6-8-17)19(2,3)4/h5-8,14,16H,9-13H2,1-4H3,(H,20,21)/t14-,16+/m0/s1. The molecule has 1 aromatic carbocycles. The second-order valence-corrected chi connectivity index (χ2v) is 11.4. The van der Waals surface area contributed by atoms with E-state index in [0.717, 1.165) is 5.75 Å². The molecule has 1 aliphatic rings. The number of hydrogen-bond donors (Lipinski definition) is 1. The first-order chi connectivity index (χ1) is 12.1. The molecule has 0 aromatic heterocycles. The van der Waals surface area contributed by atoms with E-state index in [4.69, 9.17) is 4.74 Å². The molecule has 0 unspecified atom stereocenters. The predicted octanol–water partition coefficient (Wildman–Crippen LogP) is 2.79. The summed E-state index contributed by atoms with van der Waals surface area (Å²) in [5.41, 5.74) is 1.38. The van der Waals surface area contributed by atoms with Crippen molar-refractivity contribution in [2.45, 2.75) is 50.8 Å². The van der Waals surface area contributed by atoms with Gasteiger partial charge in [-0.25, -0.2) is 8.42 Å². The number of hydrogen-bond acceptors (Lipinski definition) is 5. The molecule has 1 N–H and O–H groups in total. The number of carbonyl (C=O) groups excluding carboxylic acids is 1. The van der Waals surface area contributed by atoms with E-state index < -0.39 is 9.84 Å². The van der Waals surface area contributed by atoms with E-state index in [1.54, 1.807) is 0 Å². The minimum Gasteiger partial charge on any atom is -0.493 e. The fraction of sp³-hybridized carbons (Fsp3) is 0.632. The molecule has 1 heterocycles. The molecular formula is C19H29NO4S2. The molecule has 5 nitrogen and oxygen atoms in total. The fourth-order valence-corrected chi connectivity index (χ4v) is 5.16. The Labute approximate surface area is 161 Å². The van der Waals surface area contributed by atoms with Crippen LogP contribution in [0.3, 0.4) is 0 Å². The van der Waals surface area contributed by atoms with Gasteiger partial charge in [-0.2, -0.15) is 0 Å². The van der Waals surface area contributed by atoms with E-state index in [1.165, 1.54) is 17.3 Å². The number of amides is 1. The average Bonchev–Trinajstić information content (AvgIpc) is 2.89. The van der Waals surface area contributed by atoms with Crippen LogP contribution >= 0.6 is 11.8 Å². The highest BCUT2D eigenvalue weighted by atomic mass is 32.2. The number of nitrogens with one attached hydrogen (secondary N) is 1. The van der Waals surface area contributed by atoms with Gasteiger partial charge in [0.15, 0.2) is 9.84 Å². The fourth-order valence-electron chi connectivity index (χ4n) is 2.74. The predicted molar refractivity (Wildman–Crippen MR) is 108 cm³/mol. The summed E-state index contributed by atoms with van der Waals surface area (Å²) in [6, 6.07) is 7.86. The molecule has 0 aliphatic carbocycles. The first kappa shape index (κ1) is 21.1. The number of carbonyl (C=O) groups is 1. The van der Waals surface area contributed by atoms with Crippen LogP contribution in [0.4, 0.5) is 0 Å². The summed E-state index contributed by atoms with van der Waals surface area (Å²) in [5.74, 6) is 1.64. The van der Waals surface area contributed by atoms with Crippen LogP contribution in [0.1, 0.15) is 39.7 Å². The highest BCUT2D eigenvalue weighted by Gasteiger charge is 2.29. The largest absolute Gasteiger partial charge is 0.493 e. The van der Waals surface area contributed by atoms with E-state index in [2.05, 4.69) is 38.2 Å². The van der Waals surface area contributed by atoms with Crippen LogP contribution in [0.5, 0.6) is 5.75 Å². The molecule has 1 saturated heterocycles. The van der Waals surface area contributed by atoms with Gasteiger partial charge < -0.3 is 10.1 Å². The Balaban J connectivity index is 1.68. The van der Waals surface area contributed by atoms with Gasteiger partial charge in [-0.1, -0.05) is 32.9 Å². The molecule has 146 valence electrons. The highest BCUT2D eigenvalue weighted by molar-refractivity contribution is 8.00. The lowest BCUT2D eigenvalue weighted by Gasteiger charge is -2.19. The van der Waals surface area contributed by atoms with Crippen LogP contribution in [0, 0.1) is 0 Å². The van der Waals surface area contributed by atoms with Crippen LogP contribution in [0.15, 0.2) is 24.3 Å². The quantitative estimate of drug-likeness (QED) is 0.714. The van der Waals surface area contributed by atoms with Gasteiger partial charge in [0, 0.05) is 11.8 Å². The summed E-state index contributed by atoms with van der Waals surface area (Å²) in [5, 5.41) is 2.60. The number of sulfone groups is 1. The normalized spacial score (nSPS) is 20.5. The zero-order valence-corrected chi connectivity index (χ0v) is 17.6. The molecule has 2 rings (SSSR count). The molecular weight excluding hydrogens is 370 g/mol. The zero-order chi connectivity index (χ0) is 19.4. The van der Waals surface area contributed by atoms with Gasteiger partial charge in [-0.05, 0) is 36.5 Å². The van der Waals surface area contributed by atoms with Gasteiger partial charge in [0.1, 0.15) is 5.75 Å². The molecule has 0 spiro atoms. The van der Waals surface area contributed by atoms with E-state index in [1.807, 2.05) is 19.1 Å². The molecule has 1 amide bonds. The molecule has 0 bridgehead atoms. The maximum atomic E-state index is 12.1. The van der Waals surface area contributed by atoms with Crippen LogP contribution in [0.2, 0.25) is 0 Å². The van der Waals surface area contributed by atoms with Gasteiger partial charge in [-0.15, -0.1) is 11.8 Å². The molecule has 7 heteroatoms. The number of rotatable bonds is 7. The maximum absolute atomic E-state index is 12.1. The average molecular weight is 400 g/mol. The van der Waals surface area contributed by atoms with Crippen molar-refractivity contribution in [2.24, 2.45) is 0 Å². The number of ether oxygens (including phenoxy) is 1. The number of thioether (sulfide) groups is 1. The number of benzene rings is 1. The Morgan fingerprint density at radius 1 is 1.31 bits per heavy atom. The lowest BCUT2D eigenvalue weighted by atomic mass is 9.87. The van der Waals surface area contributed by atoms with Crippen LogP contribution in [-0.4, -0.2) is 49.5 Å². The van der Waals surface area contributed by atoms with Crippen molar-refractivity contribution >= 4 is 27.5 Å². The first-order valence-corrected chi connectivity index (χ1v) is 11.8. The minimum absolute atomic E-state index is 0.0593. The van der Waals surface area contributed by atoms with Gasteiger partial charge >= 0.3 is 0 Å². The van der Waals surface area contributed by atoms with E-state index >= 15 is 0 Å². The third-order valence-electron chi connectivity index (χ3n) is 4.39. The molecule has 1 aliphatic heterocycles. The van der Waals surface area contributed by atoms with Crippen molar-refractivity contribution in [1.29, 1.82) is 0 Å². The topological polar surface area (TPSA) is 72.5 Å². The Morgan fingerprint density at radius 3 is 2.50 bits per heavy atom. The van der Waals surface area contributed by atoms with Crippen molar-refractivity contribution < 1.29 is 17.9 Å². The second kappa shape index (κ2) is 8.65. The smallest absolute Gasteiger partial charge is 0.233 e. The van der Waals surface area contributed by atoms with E-state index in [9.17, 15) is 13.2 Å². The van der Waals surface area contributed by atoms with Crippen molar-refractivity contribution in [3.05, 3.63) is 29.8 Å². The summed E-state index contributed by atoms with van der Waals surface area (Å²) in [7, 11) is -2.97. The zero-order valence-electron chi connectivity index (χ0n) is 15.9. The van der Waals surface area contributed by atoms with Gasteiger partial charge in [-0.3, -0.25) is 4.79 Å². The van der Waals surface area contributed by atoms with Gasteiger partial charge in [0.2, 0.25) is 5.91 Å². The van der Waals surface area contributed by atoms with E-state index in [0.29, 0.717) is 18.8 Å². The van der Waals surface area contributed by atoms with E-state index in [-0.39, 0.29) is 34.1 Å². The monoisotopic (exact) mass is 399 g/mol. The van der Waals surface area contributed by atoms with Crippen molar-refractivity contribution in [3.8, 4) is 5.75 Å². The first-order valence-electron chi connectivity index (χ1n) is 8.92. The third-order valence-corrected chi connectivity index (χ3v) is 7.27. The Hall–Kier alpha value is -1.21. The summed E-state index contributed by atoms with van der Waals surface area (Å²) in [6.45, 7) is 8.88. The van der Waals surface area contributed by atoms with Crippen LogP contribution < -0.4 is 10.1 Å². The summed E-state index contributed by atoms with van der Waals surface area (Å²) >= 11 is 1.51. The maximum Gasteiger partial charge on any atom is 0.233 e. The summed E-state index contributed by atoms with van der Waals surface area (Å²) in [4.78, 5) is 12.1. The summed E-state index contributed by atoms with van der Waals surface area (Å²) in [6.07, 6.45) is 0.513. The molecule has 0 radical (unpaired) electrons. The molecule has 1 aromatic rings. The Kier molecular flexibility index (Phi) is 7.02. The molecule has 1 fully saturated rings. The van der Waals surface area contributed by atoms with Crippen LogP contribution in [0.25, 0.3) is 0 Å². The molecule has 0 saturated carbocycles. The lowest BCUT2D eigenvalue weighted by Crippen LogP contribution is -2.40. The second-order valence-electron chi connectivity index (χ2n) is 7.74. The van der Waals surface area contributed by atoms with Gasteiger partial charge in [0.05, 0.1) is 23.4 Å². The highest BCUT2D eigenvalue weighted by Crippen LogP contribution is 2.24. The van der Waals surface area contributed by atoms with Crippen molar-refractivity contribution in [3.63, 3.8) is 0 Å². The Morgan fingerprint density at radius 2 is 1.96 bits per heavy atom. The molecule has 2 atom stereocenters. The van der Waals surface area contributed by atoms with Crippen LogP contribution in [-0.2, 0) is 20.0 Å². The van der Waals surface area contributed by atoms with Crippen molar-refractivity contribution in [2.75, 3.05) is 23.9 Å². The Bertz CT molecular complexity index is 708.